The molecule has 0 aliphatic rings. The van der Waals surface area contributed by atoms with Crippen molar-refractivity contribution in [1.82, 2.24) is 14.5 Å². The summed E-state index contributed by atoms with van der Waals surface area (Å²) in [5.74, 6) is 0.736. The monoisotopic (exact) mass is 735 g/mol. The normalized spacial score (nSPS) is 12.0. The highest BCUT2D eigenvalue weighted by Crippen LogP contribution is 2.43. The highest BCUT2D eigenvalue weighted by molar-refractivity contribution is 7.26. The van der Waals surface area contributed by atoms with E-state index in [4.69, 9.17) is 9.97 Å². The first kappa shape index (κ1) is 30.8. The van der Waals surface area contributed by atoms with Crippen LogP contribution in [0.2, 0.25) is 0 Å². The van der Waals surface area contributed by atoms with Gasteiger partial charge in [0.25, 0.3) is 0 Å². The summed E-state index contributed by atoms with van der Waals surface area (Å²) in [6.45, 7) is 0. The minimum absolute atomic E-state index is 0.736. The third kappa shape index (κ3) is 4.74. The van der Waals surface area contributed by atoms with Crippen molar-refractivity contribution >= 4 is 95.7 Å². The largest absolute Gasteiger partial charge is 0.309 e. The van der Waals surface area contributed by atoms with E-state index in [1.54, 1.807) is 11.3 Å². The summed E-state index contributed by atoms with van der Waals surface area (Å²) in [5.41, 5.74) is 8.92. The second kappa shape index (κ2) is 11.9. The van der Waals surface area contributed by atoms with Crippen molar-refractivity contribution in [2.45, 2.75) is 0 Å². The molecule has 0 spiro atoms. The van der Waals surface area contributed by atoms with E-state index in [9.17, 15) is 0 Å². The van der Waals surface area contributed by atoms with Crippen molar-refractivity contribution in [2.24, 2.45) is 0 Å². The third-order valence-corrected chi connectivity index (χ3v) is 13.3. The number of benzene rings is 8. The van der Waals surface area contributed by atoms with Gasteiger partial charge in [0.1, 0.15) is 4.83 Å². The summed E-state index contributed by atoms with van der Waals surface area (Å²) < 4.78 is 6.31. The smallest absolute Gasteiger partial charge is 0.161 e. The molecule has 0 bridgehead atoms. The molecule has 0 N–H and O–H groups in total. The van der Waals surface area contributed by atoms with Gasteiger partial charge in [-0.15, -0.1) is 22.7 Å². The number of rotatable bonds is 4. The highest BCUT2D eigenvalue weighted by Gasteiger charge is 2.19. The van der Waals surface area contributed by atoms with Gasteiger partial charge in [-0.3, -0.25) is 0 Å². The first-order valence-corrected chi connectivity index (χ1v) is 20.1. The van der Waals surface area contributed by atoms with Crippen molar-refractivity contribution in [3.05, 3.63) is 176 Å². The molecule has 12 rings (SSSR count). The van der Waals surface area contributed by atoms with Crippen LogP contribution < -0.4 is 0 Å². The minimum Gasteiger partial charge on any atom is -0.309 e. The number of aromatic nitrogens is 3. The standard InChI is InChI=1S/C50H29N3S2/c1-2-10-30(11-3-1)31-18-20-33(21-19-31)49-51-47(46-39-14-6-9-17-45(39)55-50(46)52-49)32-22-25-35(26-23-32)53-42-15-7-4-12-36(42)41-28-34-24-27-38-37-13-5-8-16-44(37)54-48(38)40(34)29-43(41)53/h1-29H. The Morgan fingerprint density at radius 2 is 1.05 bits per heavy atom. The molecule has 4 heterocycles. The summed E-state index contributed by atoms with van der Waals surface area (Å²) in [5, 5.41) is 10.0. The Bertz CT molecular complexity index is 3460. The fourth-order valence-electron chi connectivity index (χ4n) is 8.42. The Balaban J connectivity index is 1.03. The molecular formula is C50H29N3S2. The number of nitrogens with zero attached hydrogens (tertiary/aromatic N) is 3. The average molecular weight is 736 g/mol. The quantitative estimate of drug-likeness (QED) is 0.180. The Morgan fingerprint density at radius 1 is 0.400 bits per heavy atom. The Labute approximate surface area is 324 Å². The fourth-order valence-corrected chi connectivity index (χ4v) is 10.7. The lowest BCUT2D eigenvalue weighted by atomic mass is 10.0. The second-order valence-corrected chi connectivity index (χ2v) is 16.2. The molecule has 0 aliphatic carbocycles. The van der Waals surface area contributed by atoms with Crippen LogP contribution >= 0.6 is 22.7 Å². The lowest BCUT2D eigenvalue weighted by Crippen LogP contribution is -1.96. The van der Waals surface area contributed by atoms with Crippen molar-refractivity contribution in [2.75, 3.05) is 0 Å². The third-order valence-electron chi connectivity index (χ3n) is 11.0. The summed E-state index contributed by atoms with van der Waals surface area (Å²) in [6.07, 6.45) is 0. The first-order valence-electron chi connectivity index (χ1n) is 18.5. The molecule has 0 saturated heterocycles. The molecule has 0 aliphatic heterocycles. The molecule has 3 nitrogen and oxygen atoms in total. The predicted molar refractivity (Wildman–Crippen MR) is 236 cm³/mol. The molecule has 0 unspecified atom stereocenters. The van der Waals surface area contributed by atoms with Gasteiger partial charge in [-0.2, -0.15) is 0 Å². The van der Waals surface area contributed by atoms with Crippen LogP contribution in [0.4, 0.5) is 0 Å². The summed E-state index contributed by atoms with van der Waals surface area (Å²) in [6, 6.07) is 63.6. The van der Waals surface area contributed by atoms with E-state index in [0.29, 0.717) is 0 Å². The van der Waals surface area contributed by atoms with Gasteiger partial charge in [0.15, 0.2) is 5.82 Å². The molecule has 0 fully saturated rings. The highest BCUT2D eigenvalue weighted by atomic mass is 32.1. The summed E-state index contributed by atoms with van der Waals surface area (Å²) in [4.78, 5) is 11.5. The zero-order chi connectivity index (χ0) is 36.0. The van der Waals surface area contributed by atoms with E-state index in [1.807, 2.05) is 17.4 Å². The maximum Gasteiger partial charge on any atom is 0.161 e. The van der Waals surface area contributed by atoms with E-state index >= 15 is 0 Å². The fraction of sp³-hybridized carbons (Fsp3) is 0. The van der Waals surface area contributed by atoms with Gasteiger partial charge in [0.2, 0.25) is 0 Å². The van der Waals surface area contributed by atoms with Crippen molar-refractivity contribution in [1.29, 1.82) is 0 Å². The Kier molecular flexibility index (Phi) is 6.67. The van der Waals surface area contributed by atoms with Gasteiger partial charge >= 0.3 is 0 Å². The van der Waals surface area contributed by atoms with Gasteiger partial charge in [-0.25, -0.2) is 9.97 Å². The van der Waals surface area contributed by atoms with Crippen LogP contribution in [0.3, 0.4) is 0 Å². The molecule has 0 saturated carbocycles. The number of hydrogen-bond acceptors (Lipinski definition) is 4. The molecule has 0 radical (unpaired) electrons. The predicted octanol–water partition coefficient (Wildman–Crippen LogP) is 14.5. The zero-order valence-electron chi connectivity index (χ0n) is 29.4. The zero-order valence-corrected chi connectivity index (χ0v) is 31.0. The molecule has 0 atom stereocenters. The number of hydrogen-bond donors (Lipinski definition) is 0. The second-order valence-electron chi connectivity index (χ2n) is 14.1. The van der Waals surface area contributed by atoms with Crippen LogP contribution in [-0.2, 0) is 0 Å². The molecule has 55 heavy (non-hydrogen) atoms. The minimum atomic E-state index is 0.736. The van der Waals surface area contributed by atoms with Crippen LogP contribution in [0.5, 0.6) is 0 Å². The SMILES string of the molecule is c1ccc(-c2ccc(-c3nc(-c4ccc(-n5c6ccccc6c6cc7ccc8c9ccccc9sc8c7cc65)cc4)c4c(n3)sc3ccccc34)cc2)cc1. The maximum absolute atomic E-state index is 5.33. The summed E-state index contributed by atoms with van der Waals surface area (Å²) >= 11 is 3.62. The van der Waals surface area contributed by atoms with E-state index in [1.165, 1.54) is 74.0 Å². The van der Waals surface area contributed by atoms with Gasteiger partial charge in [0.05, 0.1) is 16.7 Å². The van der Waals surface area contributed by atoms with E-state index in [2.05, 4.69) is 174 Å². The molecule has 0 amide bonds. The Hall–Kier alpha value is -6.66. The number of para-hydroxylation sites is 1. The molecule has 8 aromatic carbocycles. The molecular weight excluding hydrogens is 707 g/mol. The van der Waals surface area contributed by atoms with Gasteiger partial charge in [-0.1, -0.05) is 133 Å². The van der Waals surface area contributed by atoms with E-state index in [0.717, 1.165) is 38.5 Å². The number of fused-ring (bicyclic) bond motifs is 11. The van der Waals surface area contributed by atoms with Crippen LogP contribution in [0.25, 0.3) is 113 Å². The molecule has 12 aromatic rings. The lowest BCUT2D eigenvalue weighted by molar-refractivity contribution is 1.18. The van der Waals surface area contributed by atoms with Crippen LogP contribution in [0, 0.1) is 0 Å². The van der Waals surface area contributed by atoms with Crippen LogP contribution in [-0.4, -0.2) is 14.5 Å². The average Bonchev–Trinajstić information content (AvgIpc) is 3.93. The van der Waals surface area contributed by atoms with Crippen molar-refractivity contribution in [3.8, 4) is 39.5 Å². The molecule has 256 valence electrons. The summed E-state index contributed by atoms with van der Waals surface area (Å²) in [7, 11) is 0. The topological polar surface area (TPSA) is 30.7 Å². The lowest BCUT2D eigenvalue weighted by Gasteiger charge is -2.11. The van der Waals surface area contributed by atoms with Crippen LogP contribution in [0.15, 0.2) is 176 Å². The van der Waals surface area contributed by atoms with Crippen LogP contribution in [0.1, 0.15) is 0 Å². The van der Waals surface area contributed by atoms with Gasteiger partial charge < -0.3 is 4.57 Å². The number of thiophene rings is 2. The van der Waals surface area contributed by atoms with Crippen molar-refractivity contribution in [3.63, 3.8) is 0 Å². The Morgan fingerprint density at radius 3 is 1.87 bits per heavy atom. The van der Waals surface area contributed by atoms with Crippen molar-refractivity contribution < 1.29 is 0 Å². The van der Waals surface area contributed by atoms with Gasteiger partial charge in [0, 0.05) is 68.6 Å². The van der Waals surface area contributed by atoms with E-state index in [-0.39, 0.29) is 0 Å². The van der Waals surface area contributed by atoms with E-state index < -0.39 is 0 Å². The molecule has 4 aromatic heterocycles. The molecule has 5 heteroatoms. The maximum atomic E-state index is 5.33. The first-order chi connectivity index (χ1) is 27.2. The van der Waals surface area contributed by atoms with Gasteiger partial charge in [-0.05, 0) is 59.0 Å².